The Morgan fingerprint density at radius 1 is 1.23 bits per heavy atom. The fourth-order valence-corrected chi connectivity index (χ4v) is 3.64. The van der Waals surface area contributed by atoms with Gasteiger partial charge in [0.1, 0.15) is 17.7 Å². The third-order valence-corrected chi connectivity index (χ3v) is 5.06. The summed E-state index contributed by atoms with van der Waals surface area (Å²) < 4.78 is 46.7. The van der Waals surface area contributed by atoms with Crippen LogP contribution in [0.4, 0.5) is 18.9 Å². The monoisotopic (exact) mass is 498 g/mol. The lowest BCUT2D eigenvalue weighted by Gasteiger charge is -2.17. The zero-order valence-corrected chi connectivity index (χ0v) is 18.0. The van der Waals surface area contributed by atoms with Gasteiger partial charge in [-0.3, -0.25) is 9.59 Å². The lowest BCUT2D eigenvalue weighted by molar-refractivity contribution is -0.140. The van der Waals surface area contributed by atoms with Crippen molar-refractivity contribution in [3.05, 3.63) is 52.1 Å². The minimum Gasteiger partial charge on any atom is -0.481 e. The van der Waals surface area contributed by atoms with Gasteiger partial charge >= 0.3 is 12.1 Å². The minimum absolute atomic E-state index is 0.0498. The standard InChI is InChI=1S/C21H18BrF3N2O4/c1-10(2)14-9-26-17-4-3-12(7-13(14)17)31-20-15(21(23,24)25)5-11(6-16(20)22)27-18(28)8-19(29)30/h3-7,9-10,26H,8H2,1-2H3,(H,27,28)(H,29,30). The van der Waals surface area contributed by atoms with Gasteiger partial charge in [0, 0.05) is 22.8 Å². The van der Waals surface area contributed by atoms with Crippen molar-refractivity contribution in [3.63, 3.8) is 0 Å². The van der Waals surface area contributed by atoms with Crippen LogP contribution in [0.1, 0.15) is 37.3 Å². The van der Waals surface area contributed by atoms with Gasteiger partial charge in [0.05, 0.1) is 4.47 Å². The SMILES string of the molecule is CC(C)c1c[nH]c2ccc(Oc3c(Br)cc(NC(=O)CC(=O)O)cc3C(F)(F)F)cc12. The molecule has 1 aromatic heterocycles. The van der Waals surface area contributed by atoms with E-state index in [1.165, 1.54) is 6.07 Å². The second kappa shape index (κ2) is 8.62. The first-order valence-corrected chi connectivity index (χ1v) is 9.96. The number of rotatable bonds is 6. The molecule has 3 aromatic rings. The highest BCUT2D eigenvalue weighted by Crippen LogP contribution is 2.44. The van der Waals surface area contributed by atoms with Gasteiger partial charge in [-0.25, -0.2) is 0 Å². The highest BCUT2D eigenvalue weighted by atomic mass is 79.9. The summed E-state index contributed by atoms with van der Waals surface area (Å²) in [5, 5.41) is 11.6. The number of aromatic amines is 1. The molecule has 10 heteroatoms. The molecule has 0 radical (unpaired) electrons. The maximum atomic E-state index is 13.7. The molecule has 0 saturated carbocycles. The molecule has 6 nitrogen and oxygen atoms in total. The molecule has 31 heavy (non-hydrogen) atoms. The van der Waals surface area contributed by atoms with Crippen LogP contribution in [-0.4, -0.2) is 22.0 Å². The highest BCUT2D eigenvalue weighted by Gasteiger charge is 2.36. The molecular formula is C21H18BrF3N2O4. The fraction of sp³-hybridized carbons (Fsp3) is 0.238. The molecule has 3 N–H and O–H groups in total. The molecule has 0 aliphatic rings. The van der Waals surface area contributed by atoms with E-state index < -0.39 is 35.8 Å². The number of amides is 1. The van der Waals surface area contributed by atoms with E-state index >= 15 is 0 Å². The van der Waals surface area contributed by atoms with Crippen LogP contribution < -0.4 is 10.1 Å². The largest absolute Gasteiger partial charge is 0.481 e. The van der Waals surface area contributed by atoms with Crippen molar-refractivity contribution in [2.45, 2.75) is 32.4 Å². The second-order valence-corrected chi connectivity index (χ2v) is 8.01. The van der Waals surface area contributed by atoms with Crippen LogP contribution in [0, 0.1) is 0 Å². The van der Waals surface area contributed by atoms with Gasteiger partial charge in [-0.05, 0) is 57.7 Å². The number of carbonyl (C=O) groups is 2. The number of hydrogen-bond donors (Lipinski definition) is 3. The van der Waals surface area contributed by atoms with Gasteiger partial charge in [-0.1, -0.05) is 13.8 Å². The molecule has 0 unspecified atom stereocenters. The summed E-state index contributed by atoms with van der Waals surface area (Å²) in [5.41, 5.74) is 0.515. The van der Waals surface area contributed by atoms with Crippen molar-refractivity contribution in [3.8, 4) is 11.5 Å². The summed E-state index contributed by atoms with van der Waals surface area (Å²) in [7, 11) is 0. The van der Waals surface area contributed by atoms with Crippen molar-refractivity contribution in [1.82, 2.24) is 4.98 Å². The van der Waals surface area contributed by atoms with Gasteiger partial charge in [-0.15, -0.1) is 0 Å². The molecule has 0 saturated heterocycles. The summed E-state index contributed by atoms with van der Waals surface area (Å²) in [4.78, 5) is 25.4. The summed E-state index contributed by atoms with van der Waals surface area (Å²) in [6.45, 7) is 4.01. The van der Waals surface area contributed by atoms with Crippen molar-refractivity contribution in [2.75, 3.05) is 5.32 Å². The predicted octanol–water partition coefficient (Wildman–Crippen LogP) is 6.28. The van der Waals surface area contributed by atoms with E-state index in [9.17, 15) is 22.8 Å². The lowest BCUT2D eigenvalue weighted by Crippen LogP contribution is -2.17. The van der Waals surface area contributed by atoms with E-state index in [4.69, 9.17) is 9.84 Å². The van der Waals surface area contributed by atoms with Crippen LogP contribution in [0.15, 0.2) is 41.0 Å². The molecule has 0 fully saturated rings. The predicted molar refractivity (Wildman–Crippen MR) is 112 cm³/mol. The Hall–Kier alpha value is -3.01. The van der Waals surface area contributed by atoms with Gasteiger partial charge in [0.2, 0.25) is 5.91 Å². The fourth-order valence-electron chi connectivity index (χ4n) is 3.10. The first kappa shape index (κ1) is 22.7. The van der Waals surface area contributed by atoms with E-state index in [0.717, 1.165) is 16.5 Å². The Kier molecular flexibility index (Phi) is 6.30. The number of hydrogen-bond acceptors (Lipinski definition) is 3. The Bertz CT molecular complexity index is 1160. The molecule has 0 atom stereocenters. The Morgan fingerprint density at radius 2 is 1.94 bits per heavy atom. The van der Waals surface area contributed by atoms with E-state index in [2.05, 4.69) is 26.2 Å². The third kappa shape index (κ3) is 5.19. The van der Waals surface area contributed by atoms with E-state index in [0.29, 0.717) is 6.07 Å². The quantitative estimate of drug-likeness (QED) is 0.349. The highest BCUT2D eigenvalue weighted by molar-refractivity contribution is 9.10. The zero-order valence-electron chi connectivity index (χ0n) is 16.4. The molecule has 0 aliphatic carbocycles. The smallest absolute Gasteiger partial charge is 0.420 e. The third-order valence-electron chi connectivity index (χ3n) is 4.47. The van der Waals surface area contributed by atoms with Crippen LogP contribution in [0.3, 0.4) is 0 Å². The number of fused-ring (bicyclic) bond motifs is 1. The first-order valence-electron chi connectivity index (χ1n) is 9.17. The summed E-state index contributed by atoms with van der Waals surface area (Å²) in [6, 6.07) is 6.86. The van der Waals surface area contributed by atoms with Crippen LogP contribution in [0.2, 0.25) is 0 Å². The van der Waals surface area contributed by atoms with E-state index in [1.807, 2.05) is 20.0 Å². The number of benzene rings is 2. The van der Waals surface area contributed by atoms with Gasteiger partial charge in [0.15, 0.2) is 5.75 Å². The number of aliphatic carboxylic acids is 1. The average molecular weight is 499 g/mol. The number of alkyl halides is 3. The van der Waals surface area contributed by atoms with Crippen LogP contribution in [0.5, 0.6) is 11.5 Å². The molecule has 2 aromatic carbocycles. The average Bonchev–Trinajstić information content (AvgIpc) is 3.05. The Labute approximate surface area is 183 Å². The molecule has 3 rings (SSSR count). The number of anilines is 1. The number of carboxylic acids is 1. The molecule has 164 valence electrons. The second-order valence-electron chi connectivity index (χ2n) is 7.16. The van der Waals surface area contributed by atoms with E-state index in [1.54, 1.807) is 18.2 Å². The van der Waals surface area contributed by atoms with Crippen molar-refractivity contribution in [2.24, 2.45) is 0 Å². The van der Waals surface area contributed by atoms with Crippen LogP contribution in [-0.2, 0) is 15.8 Å². The summed E-state index contributed by atoms with van der Waals surface area (Å²) in [5.74, 6) is -2.39. The summed E-state index contributed by atoms with van der Waals surface area (Å²) >= 11 is 3.07. The topological polar surface area (TPSA) is 91.4 Å². The number of carboxylic acid groups (broad SMARTS) is 1. The summed E-state index contributed by atoms with van der Waals surface area (Å²) in [6.07, 6.45) is -3.80. The normalized spacial score (nSPS) is 11.7. The van der Waals surface area contributed by atoms with Gasteiger partial charge in [-0.2, -0.15) is 13.2 Å². The molecule has 1 amide bonds. The molecule has 0 bridgehead atoms. The maximum absolute atomic E-state index is 13.7. The van der Waals surface area contributed by atoms with Gasteiger partial charge in [0.25, 0.3) is 0 Å². The molecule has 0 spiro atoms. The van der Waals surface area contributed by atoms with Crippen molar-refractivity contribution < 1.29 is 32.6 Å². The number of ether oxygens (including phenoxy) is 1. The maximum Gasteiger partial charge on any atom is 0.420 e. The number of halogens is 4. The Morgan fingerprint density at radius 3 is 2.55 bits per heavy atom. The molecule has 1 heterocycles. The van der Waals surface area contributed by atoms with Crippen LogP contribution >= 0.6 is 15.9 Å². The number of carbonyl (C=O) groups excluding carboxylic acids is 1. The lowest BCUT2D eigenvalue weighted by atomic mass is 10.0. The first-order chi connectivity index (χ1) is 14.5. The van der Waals surface area contributed by atoms with E-state index in [-0.39, 0.29) is 21.8 Å². The van der Waals surface area contributed by atoms with Crippen LogP contribution in [0.25, 0.3) is 10.9 Å². The zero-order chi connectivity index (χ0) is 22.9. The number of aromatic nitrogens is 1. The Balaban J connectivity index is 2.00. The molecule has 0 aliphatic heterocycles. The number of H-pyrrole nitrogens is 1. The van der Waals surface area contributed by atoms with Crippen molar-refractivity contribution in [1.29, 1.82) is 0 Å². The van der Waals surface area contributed by atoms with Crippen molar-refractivity contribution >= 4 is 44.4 Å². The minimum atomic E-state index is -4.79. The van der Waals surface area contributed by atoms with Gasteiger partial charge < -0.3 is 20.1 Å². The molecular weight excluding hydrogens is 481 g/mol. The number of nitrogens with one attached hydrogen (secondary N) is 2.